The number of halogens is 1. The van der Waals surface area contributed by atoms with Crippen LogP contribution in [0.1, 0.15) is 24.1 Å². The van der Waals surface area contributed by atoms with Crippen LogP contribution in [0.3, 0.4) is 0 Å². The average Bonchev–Trinajstić information content (AvgIpc) is 3.20. The number of para-hydroxylation sites is 1. The second-order valence-corrected chi connectivity index (χ2v) is 7.26. The van der Waals surface area contributed by atoms with Crippen LogP contribution in [0.25, 0.3) is 11.1 Å². The molecule has 0 bridgehead atoms. The van der Waals surface area contributed by atoms with Crippen molar-refractivity contribution in [3.05, 3.63) is 66.3 Å². The Hall–Kier alpha value is -3.24. The quantitative estimate of drug-likeness (QED) is 0.636. The van der Waals surface area contributed by atoms with Gasteiger partial charge in [-0.15, -0.1) is 0 Å². The summed E-state index contributed by atoms with van der Waals surface area (Å²) >= 11 is 0. The third kappa shape index (κ3) is 3.36. The molecule has 3 heterocycles. The van der Waals surface area contributed by atoms with Gasteiger partial charge in [-0.05, 0) is 31.0 Å². The first-order valence-electron chi connectivity index (χ1n) is 9.50. The molecule has 3 aromatic rings. The fourth-order valence-corrected chi connectivity index (χ4v) is 4.20. The van der Waals surface area contributed by atoms with Gasteiger partial charge in [-0.1, -0.05) is 12.1 Å². The van der Waals surface area contributed by atoms with E-state index in [1.165, 1.54) is 12.3 Å². The summed E-state index contributed by atoms with van der Waals surface area (Å²) in [5.74, 6) is -0.522. The fourth-order valence-electron chi connectivity index (χ4n) is 4.20. The van der Waals surface area contributed by atoms with E-state index in [2.05, 4.69) is 20.9 Å². The van der Waals surface area contributed by atoms with Gasteiger partial charge in [0, 0.05) is 44.6 Å². The molecule has 29 heavy (non-hydrogen) atoms. The number of aromatic nitrogens is 3. The number of aryl methyl sites for hydroxylation is 1. The van der Waals surface area contributed by atoms with Crippen molar-refractivity contribution in [2.45, 2.75) is 18.4 Å². The van der Waals surface area contributed by atoms with Crippen LogP contribution in [0.4, 0.5) is 10.1 Å². The molecule has 6 nitrogen and oxygen atoms in total. The molecule has 1 fully saturated rings. The maximum absolute atomic E-state index is 13.3. The molecule has 4 rings (SSSR count). The molecule has 0 atom stereocenters. The second-order valence-electron chi connectivity index (χ2n) is 7.26. The summed E-state index contributed by atoms with van der Waals surface area (Å²) in [5, 5.41) is 9.71. The third-order valence-corrected chi connectivity index (χ3v) is 5.76. The second kappa shape index (κ2) is 7.64. The first-order chi connectivity index (χ1) is 14.1. The van der Waals surface area contributed by atoms with Gasteiger partial charge < -0.3 is 14.2 Å². The molecule has 0 spiro atoms. The number of rotatable bonds is 4. The van der Waals surface area contributed by atoms with Gasteiger partial charge in [0.1, 0.15) is 11.7 Å². The van der Waals surface area contributed by atoms with Crippen molar-refractivity contribution in [2.24, 2.45) is 7.05 Å². The molecule has 0 aliphatic carbocycles. The summed E-state index contributed by atoms with van der Waals surface area (Å²) < 4.78 is 21.3. The number of benzene rings is 1. The number of anilines is 1. The van der Waals surface area contributed by atoms with Crippen LogP contribution >= 0.6 is 0 Å². The van der Waals surface area contributed by atoms with Gasteiger partial charge >= 0.3 is 0 Å². The van der Waals surface area contributed by atoms with Gasteiger partial charge in [0.05, 0.1) is 29.5 Å². The number of ether oxygens (including phenoxy) is 1. The minimum atomic E-state index is -0.522. The van der Waals surface area contributed by atoms with Gasteiger partial charge in [-0.3, -0.25) is 0 Å². The zero-order chi connectivity index (χ0) is 20.4. The maximum Gasteiger partial charge on any atom is 0.212 e. The van der Waals surface area contributed by atoms with Crippen LogP contribution in [0.5, 0.6) is 0 Å². The summed E-state index contributed by atoms with van der Waals surface area (Å²) in [5.41, 5.74) is 3.77. The highest BCUT2D eigenvalue weighted by atomic mass is 19.1. The number of nitrogens with zero attached hydrogens (tertiary/aromatic N) is 5. The van der Waals surface area contributed by atoms with Crippen molar-refractivity contribution in [2.75, 3.05) is 25.1 Å². The smallest absolute Gasteiger partial charge is 0.212 e. The Labute approximate surface area is 169 Å². The lowest BCUT2D eigenvalue weighted by Crippen LogP contribution is -2.45. The Kier molecular flexibility index (Phi) is 5.03. The molecule has 1 aromatic carbocycles. The summed E-state index contributed by atoms with van der Waals surface area (Å²) in [6.45, 7) is 1.44. The molecule has 0 saturated carbocycles. The topological polar surface area (TPSA) is 67.0 Å². The summed E-state index contributed by atoms with van der Waals surface area (Å²) in [6, 6.07) is 11.0. The van der Waals surface area contributed by atoms with E-state index in [1.807, 2.05) is 36.0 Å². The van der Waals surface area contributed by atoms with Crippen molar-refractivity contribution < 1.29 is 9.13 Å². The minimum Gasteiger partial charge on any atom is -0.372 e. The third-order valence-electron chi connectivity index (χ3n) is 5.76. The number of methoxy groups -OCH3 is 1. The predicted molar refractivity (Wildman–Crippen MR) is 108 cm³/mol. The maximum atomic E-state index is 13.3. The average molecular weight is 391 g/mol. The lowest BCUT2D eigenvalue weighted by Gasteiger charge is -2.42. The number of hydrogen-bond acceptors (Lipinski definition) is 5. The van der Waals surface area contributed by atoms with Crippen molar-refractivity contribution in [1.82, 2.24) is 14.5 Å². The summed E-state index contributed by atoms with van der Waals surface area (Å²) in [4.78, 5) is 10.2. The summed E-state index contributed by atoms with van der Waals surface area (Å²) in [6.07, 6.45) is 6.69. The van der Waals surface area contributed by atoms with Crippen LogP contribution in [0, 0.1) is 17.3 Å². The Morgan fingerprint density at radius 1 is 1.17 bits per heavy atom. The van der Waals surface area contributed by atoms with Gasteiger partial charge in [-0.25, -0.2) is 9.97 Å². The Morgan fingerprint density at radius 2 is 1.97 bits per heavy atom. The predicted octanol–water partition coefficient (Wildman–Crippen LogP) is 3.63. The highest BCUT2D eigenvalue weighted by molar-refractivity contribution is 5.82. The normalized spacial score (nSPS) is 15.9. The van der Waals surface area contributed by atoms with E-state index in [1.54, 1.807) is 19.5 Å². The molecule has 1 aliphatic heterocycles. The highest BCUT2D eigenvalue weighted by Crippen LogP contribution is 2.40. The largest absolute Gasteiger partial charge is 0.372 e. The Balaban J connectivity index is 1.69. The van der Waals surface area contributed by atoms with Gasteiger partial charge in [-0.2, -0.15) is 9.65 Å². The molecule has 0 unspecified atom stereocenters. The van der Waals surface area contributed by atoms with E-state index < -0.39 is 11.5 Å². The minimum absolute atomic E-state index is 0.402. The number of nitriles is 1. The number of imidazole rings is 1. The number of hydrogen-bond donors (Lipinski definition) is 0. The van der Waals surface area contributed by atoms with Crippen LogP contribution in [-0.2, 0) is 17.4 Å². The van der Waals surface area contributed by atoms with Crippen LogP contribution < -0.4 is 4.90 Å². The number of pyridine rings is 1. The molecule has 0 amide bonds. The SMILES string of the molecule is COC1(c2cncn2C)CCN(c2c(C#N)cccc2-c2ccc(F)nc2)CC1. The monoisotopic (exact) mass is 391 g/mol. The first kappa shape index (κ1) is 19.1. The molecule has 0 radical (unpaired) electrons. The van der Waals surface area contributed by atoms with Crippen molar-refractivity contribution >= 4 is 5.69 Å². The van der Waals surface area contributed by atoms with Crippen LogP contribution in [0.2, 0.25) is 0 Å². The van der Waals surface area contributed by atoms with E-state index in [9.17, 15) is 9.65 Å². The molecular formula is C22H22FN5O. The van der Waals surface area contributed by atoms with Gasteiger partial charge in [0.25, 0.3) is 0 Å². The Bertz CT molecular complexity index is 1050. The van der Waals surface area contributed by atoms with Gasteiger partial charge in [0.2, 0.25) is 5.95 Å². The van der Waals surface area contributed by atoms with E-state index in [0.29, 0.717) is 5.56 Å². The highest BCUT2D eigenvalue weighted by Gasteiger charge is 2.39. The Morgan fingerprint density at radius 3 is 2.55 bits per heavy atom. The van der Waals surface area contributed by atoms with E-state index >= 15 is 0 Å². The molecule has 2 aromatic heterocycles. The number of piperidine rings is 1. The zero-order valence-electron chi connectivity index (χ0n) is 16.5. The van der Waals surface area contributed by atoms with E-state index in [-0.39, 0.29) is 0 Å². The molecule has 148 valence electrons. The molecule has 1 saturated heterocycles. The van der Waals surface area contributed by atoms with Crippen LogP contribution in [-0.4, -0.2) is 34.7 Å². The lowest BCUT2D eigenvalue weighted by molar-refractivity contribution is -0.0401. The lowest BCUT2D eigenvalue weighted by atomic mass is 9.87. The van der Waals surface area contributed by atoms with Gasteiger partial charge in [0.15, 0.2) is 0 Å². The standard InChI is InChI=1S/C22H22FN5O/c1-27-15-25-14-19(27)22(29-2)8-10-28(11-9-22)21-16(12-24)4-3-5-18(21)17-6-7-20(23)26-13-17/h3-7,13-15H,8-11H2,1-2H3. The summed E-state index contributed by atoms with van der Waals surface area (Å²) in [7, 11) is 3.71. The van der Waals surface area contributed by atoms with E-state index in [4.69, 9.17) is 4.74 Å². The fraction of sp³-hybridized carbons (Fsp3) is 0.318. The zero-order valence-corrected chi connectivity index (χ0v) is 16.5. The molecule has 0 N–H and O–H groups in total. The van der Waals surface area contributed by atoms with Crippen molar-refractivity contribution in [3.8, 4) is 17.2 Å². The van der Waals surface area contributed by atoms with E-state index in [0.717, 1.165) is 48.4 Å². The van der Waals surface area contributed by atoms with Crippen molar-refractivity contribution in [3.63, 3.8) is 0 Å². The van der Waals surface area contributed by atoms with Crippen molar-refractivity contribution in [1.29, 1.82) is 5.26 Å². The first-order valence-corrected chi connectivity index (χ1v) is 9.50. The molecule has 1 aliphatic rings. The van der Waals surface area contributed by atoms with Crippen LogP contribution in [0.15, 0.2) is 49.1 Å². The molecular weight excluding hydrogens is 369 g/mol. The molecule has 7 heteroatoms.